The maximum atomic E-state index is 11.8. The first kappa shape index (κ1) is 12.6. The van der Waals surface area contributed by atoms with Gasteiger partial charge in [0.25, 0.3) is 5.91 Å². The van der Waals surface area contributed by atoms with Gasteiger partial charge >= 0.3 is 0 Å². The fourth-order valence-corrected chi connectivity index (χ4v) is 1.77. The predicted molar refractivity (Wildman–Crippen MR) is 72.5 cm³/mol. The van der Waals surface area contributed by atoms with Crippen molar-refractivity contribution in [1.29, 1.82) is 0 Å². The van der Waals surface area contributed by atoms with Crippen molar-refractivity contribution >= 4 is 27.5 Å². The lowest BCUT2D eigenvalue weighted by Crippen LogP contribution is -2.19. The molecule has 18 heavy (non-hydrogen) atoms. The fourth-order valence-electron chi connectivity index (χ4n) is 1.37. The molecule has 0 aliphatic heterocycles. The first-order chi connectivity index (χ1) is 8.66. The molecule has 0 radical (unpaired) electrons. The first-order valence-electron chi connectivity index (χ1n) is 5.31. The average Bonchev–Trinajstić information content (AvgIpc) is 2.89. The number of amides is 1. The summed E-state index contributed by atoms with van der Waals surface area (Å²) in [5, 5.41) is 3.98. The third-order valence-corrected chi connectivity index (χ3v) is 2.78. The number of hydrogen-bond donors (Lipinski definition) is 1. The van der Waals surface area contributed by atoms with Crippen LogP contribution >= 0.6 is 15.9 Å². The summed E-state index contributed by atoms with van der Waals surface area (Å²) >= 11 is 3.31. The first-order valence-corrected chi connectivity index (χ1v) is 6.10. The van der Waals surface area contributed by atoms with Crippen molar-refractivity contribution in [2.75, 3.05) is 0 Å². The van der Waals surface area contributed by atoms with Gasteiger partial charge in [0.2, 0.25) is 0 Å². The minimum absolute atomic E-state index is 0.262. The highest BCUT2D eigenvalue weighted by molar-refractivity contribution is 9.10. The lowest BCUT2D eigenvalue weighted by Gasteiger charge is -2.01. The summed E-state index contributed by atoms with van der Waals surface area (Å²) in [5.41, 5.74) is 3.64. The van der Waals surface area contributed by atoms with Crippen LogP contribution in [0, 0.1) is 0 Å². The third kappa shape index (κ3) is 3.07. The van der Waals surface area contributed by atoms with E-state index in [9.17, 15) is 4.79 Å². The second-order valence-electron chi connectivity index (χ2n) is 3.63. The number of halogens is 1. The molecule has 1 aromatic heterocycles. The SMILES string of the molecule is C/C(=N\NC(=O)c1cccc(Br)c1)c1ccco1. The zero-order valence-electron chi connectivity index (χ0n) is 9.68. The van der Waals surface area contributed by atoms with E-state index >= 15 is 0 Å². The summed E-state index contributed by atoms with van der Waals surface area (Å²) in [6.45, 7) is 1.76. The van der Waals surface area contributed by atoms with Crippen LogP contribution in [0.2, 0.25) is 0 Å². The van der Waals surface area contributed by atoms with E-state index in [1.54, 1.807) is 43.5 Å². The van der Waals surface area contributed by atoms with Crippen LogP contribution in [0.5, 0.6) is 0 Å². The number of carbonyl (C=O) groups is 1. The van der Waals surface area contributed by atoms with Crippen LogP contribution in [0.3, 0.4) is 0 Å². The Kier molecular flexibility index (Phi) is 3.94. The van der Waals surface area contributed by atoms with Crippen molar-refractivity contribution in [3.63, 3.8) is 0 Å². The quantitative estimate of drug-likeness (QED) is 0.699. The molecule has 1 amide bonds. The van der Waals surface area contributed by atoms with Crippen LogP contribution < -0.4 is 5.43 Å². The molecule has 4 nitrogen and oxygen atoms in total. The Morgan fingerprint density at radius 3 is 2.83 bits per heavy atom. The summed E-state index contributed by atoms with van der Waals surface area (Å²) in [5.74, 6) is 0.367. The van der Waals surface area contributed by atoms with E-state index in [1.807, 2.05) is 6.07 Å². The number of hydrogen-bond acceptors (Lipinski definition) is 3. The lowest BCUT2D eigenvalue weighted by atomic mass is 10.2. The summed E-state index contributed by atoms with van der Waals surface area (Å²) in [4.78, 5) is 11.8. The molecule has 0 saturated heterocycles. The summed E-state index contributed by atoms with van der Waals surface area (Å²) in [6.07, 6.45) is 1.56. The minimum Gasteiger partial charge on any atom is -0.463 e. The minimum atomic E-state index is -0.262. The average molecular weight is 307 g/mol. The van der Waals surface area contributed by atoms with Crippen LogP contribution in [0.15, 0.2) is 56.7 Å². The highest BCUT2D eigenvalue weighted by Crippen LogP contribution is 2.11. The molecular formula is C13H11BrN2O2. The van der Waals surface area contributed by atoms with Crippen molar-refractivity contribution in [3.05, 3.63) is 58.5 Å². The number of nitrogens with one attached hydrogen (secondary N) is 1. The molecule has 0 spiro atoms. The van der Waals surface area contributed by atoms with Gasteiger partial charge < -0.3 is 4.42 Å². The van der Waals surface area contributed by atoms with E-state index in [1.165, 1.54) is 0 Å². The van der Waals surface area contributed by atoms with Crippen LogP contribution in [-0.4, -0.2) is 11.6 Å². The summed E-state index contributed by atoms with van der Waals surface area (Å²) in [7, 11) is 0. The topological polar surface area (TPSA) is 54.6 Å². The number of nitrogens with zero attached hydrogens (tertiary/aromatic N) is 1. The highest BCUT2D eigenvalue weighted by Gasteiger charge is 2.05. The molecule has 0 aliphatic carbocycles. The Morgan fingerprint density at radius 2 is 2.17 bits per heavy atom. The molecule has 0 unspecified atom stereocenters. The summed E-state index contributed by atoms with van der Waals surface area (Å²) in [6, 6.07) is 10.6. The van der Waals surface area contributed by atoms with Gasteiger partial charge in [0.1, 0.15) is 11.5 Å². The Bertz CT molecular complexity index is 576. The van der Waals surface area contributed by atoms with Crippen molar-refractivity contribution in [2.45, 2.75) is 6.92 Å². The molecule has 2 rings (SSSR count). The molecule has 1 heterocycles. The number of carbonyl (C=O) groups excluding carboxylic acids is 1. The van der Waals surface area contributed by atoms with Crippen molar-refractivity contribution in [3.8, 4) is 0 Å². The van der Waals surface area contributed by atoms with E-state index < -0.39 is 0 Å². The van der Waals surface area contributed by atoms with Gasteiger partial charge in [0.05, 0.1) is 6.26 Å². The number of furan rings is 1. The number of rotatable bonds is 3. The van der Waals surface area contributed by atoms with Crippen LogP contribution in [0.1, 0.15) is 23.0 Å². The Balaban J connectivity index is 2.07. The number of benzene rings is 1. The molecule has 1 N–H and O–H groups in total. The monoisotopic (exact) mass is 306 g/mol. The molecule has 0 bridgehead atoms. The molecule has 92 valence electrons. The zero-order chi connectivity index (χ0) is 13.0. The Hall–Kier alpha value is -1.88. The van der Waals surface area contributed by atoms with E-state index in [-0.39, 0.29) is 5.91 Å². The largest absolute Gasteiger partial charge is 0.463 e. The predicted octanol–water partition coefficient (Wildman–Crippen LogP) is 3.20. The van der Waals surface area contributed by atoms with E-state index in [0.717, 1.165) is 4.47 Å². The van der Waals surface area contributed by atoms with Gasteiger partial charge in [-0.2, -0.15) is 5.10 Å². The maximum absolute atomic E-state index is 11.8. The maximum Gasteiger partial charge on any atom is 0.271 e. The normalized spacial score (nSPS) is 11.3. The zero-order valence-corrected chi connectivity index (χ0v) is 11.3. The van der Waals surface area contributed by atoms with Gasteiger partial charge in [-0.15, -0.1) is 0 Å². The van der Waals surface area contributed by atoms with E-state index in [4.69, 9.17) is 4.42 Å². The van der Waals surface area contributed by atoms with Gasteiger partial charge in [0, 0.05) is 10.0 Å². The van der Waals surface area contributed by atoms with Gasteiger partial charge in [-0.3, -0.25) is 4.79 Å². The molecule has 1 aromatic carbocycles. The Morgan fingerprint density at radius 1 is 1.33 bits per heavy atom. The molecule has 0 atom stereocenters. The van der Waals surface area contributed by atoms with Gasteiger partial charge in [-0.25, -0.2) is 5.43 Å². The molecule has 0 aliphatic rings. The summed E-state index contributed by atoms with van der Waals surface area (Å²) < 4.78 is 6.01. The van der Waals surface area contributed by atoms with Gasteiger partial charge in [0.15, 0.2) is 0 Å². The Labute approximate surface area is 113 Å². The van der Waals surface area contributed by atoms with Crippen LogP contribution in [-0.2, 0) is 0 Å². The van der Waals surface area contributed by atoms with Crippen molar-refractivity contribution < 1.29 is 9.21 Å². The molecular weight excluding hydrogens is 296 g/mol. The third-order valence-electron chi connectivity index (χ3n) is 2.29. The van der Waals surface area contributed by atoms with Crippen LogP contribution in [0.25, 0.3) is 0 Å². The van der Waals surface area contributed by atoms with E-state index in [0.29, 0.717) is 17.0 Å². The van der Waals surface area contributed by atoms with Gasteiger partial charge in [-0.05, 0) is 37.3 Å². The second kappa shape index (κ2) is 5.64. The van der Waals surface area contributed by atoms with Crippen LogP contribution in [0.4, 0.5) is 0 Å². The smallest absolute Gasteiger partial charge is 0.271 e. The molecule has 5 heteroatoms. The highest BCUT2D eigenvalue weighted by atomic mass is 79.9. The van der Waals surface area contributed by atoms with E-state index in [2.05, 4.69) is 26.5 Å². The number of hydrazone groups is 1. The molecule has 0 saturated carbocycles. The fraction of sp³-hybridized carbons (Fsp3) is 0.0769. The standard InChI is InChI=1S/C13H11BrN2O2/c1-9(12-6-3-7-18-12)15-16-13(17)10-4-2-5-11(14)8-10/h2-8H,1H3,(H,16,17)/b15-9+. The lowest BCUT2D eigenvalue weighted by molar-refractivity contribution is 0.0954. The molecule has 0 fully saturated rings. The molecule has 2 aromatic rings. The second-order valence-corrected chi connectivity index (χ2v) is 4.54. The van der Waals surface area contributed by atoms with Gasteiger partial charge in [-0.1, -0.05) is 22.0 Å². The van der Waals surface area contributed by atoms with Crippen molar-refractivity contribution in [1.82, 2.24) is 5.43 Å². The van der Waals surface area contributed by atoms with Crippen molar-refractivity contribution in [2.24, 2.45) is 5.10 Å².